The molecule has 0 aliphatic heterocycles. The number of carbonyl (C=O) groups excluding carboxylic acids is 2. The van der Waals surface area contributed by atoms with E-state index in [0.29, 0.717) is 17.9 Å². The Bertz CT molecular complexity index is 609. The van der Waals surface area contributed by atoms with Gasteiger partial charge in [0, 0.05) is 12.0 Å². The number of nitrogens with one attached hydrogen (secondary N) is 1. The number of rotatable bonds is 5. The molecule has 5 nitrogen and oxygen atoms in total. The van der Waals surface area contributed by atoms with Crippen molar-refractivity contribution in [2.45, 2.75) is 78.7 Å². The summed E-state index contributed by atoms with van der Waals surface area (Å²) in [6, 6.07) is 5.45. The predicted molar refractivity (Wildman–Crippen MR) is 100 cm³/mol. The Hall–Kier alpha value is -2.04. The molecule has 1 aromatic rings. The molecule has 0 radical (unpaired) electrons. The van der Waals surface area contributed by atoms with Gasteiger partial charge in [0.15, 0.2) is 5.75 Å². The Balaban J connectivity index is 3.15. The monoisotopic (exact) mass is 349 g/mol. The summed E-state index contributed by atoms with van der Waals surface area (Å²) in [4.78, 5) is 24.3. The maximum atomic E-state index is 12.2. The smallest absolute Gasteiger partial charge is 0.412 e. The maximum absolute atomic E-state index is 12.2. The van der Waals surface area contributed by atoms with Gasteiger partial charge in [0.2, 0.25) is 0 Å². The molecule has 0 bridgehead atoms. The minimum atomic E-state index is -0.607. The molecule has 1 rings (SSSR count). The summed E-state index contributed by atoms with van der Waals surface area (Å²) in [5.41, 5.74) is 0.438. The van der Waals surface area contributed by atoms with Crippen molar-refractivity contribution in [2.75, 3.05) is 5.32 Å². The molecule has 0 spiro atoms. The Kier molecular flexibility index (Phi) is 7.03. The number of para-hydroxylation sites is 1. The molecule has 0 aliphatic carbocycles. The first-order valence-electron chi connectivity index (χ1n) is 8.78. The number of hydrogen-bond donors (Lipinski definition) is 1. The summed E-state index contributed by atoms with van der Waals surface area (Å²) < 4.78 is 10.9. The van der Waals surface area contributed by atoms with E-state index in [1.807, 2.05) is 39.8 Å². The first-order chi connectivity index (χ1) is 11.4. The Morgan fingerprint density at radius 2 is 1.72 bits per heavy atom. The van der Waals surface area contributed by atoms with Gasteiger partial charge in [-0.05, 0) is 38.7 Å². The van der Waals surface area contributed by atoms with Crippen molar-refractivity contribution in [2.24, 2.45) is 0 Å². The third kappa shape index (κ3) is 7.16. The van der Waals surface area contributed by atoms with Crippen LogP contribution < -0.4 is 10.1 Å². The average Bonchev–Trinajstić information content (AvgIpc) is 2.43. The first-order valence-corrected chi connectivity index (χ1v) is 8.78. The van der Waals surface area contributed by atoms with Crippen LogP contribution in [0.25, 0.3) is 0 Å². The second-order valence-electron chi connectivity index (χ2n) is 8.14. The standard InChI is InChI=1S/C20H31NO4/c1-8-9-13-16(22)24-17-14(19(2,3)4)11-10-12-15(17)21-18(23)25-20(5,6)7/h10-12H,8-9,13H2,1-7H3,(H,21,23). The minimum Gasteiger partial charge on any atom is -0.444 e. The number of ether oxygens (including phenoxy) is 2. The van der Waals surface area contributed by atoms with Gasteiger partial charge in [0.25, 0.3) is 0 Å². The number of carbonyl (C=O) groups is 2. The van der Waals surface area contributed by atoms with Gasteiger partial charge in [-0.15, -0.1) is 0 Å². The van der Waals surface area contributed by atoms with Crippen molar-refractivity contribution in [1.82, 2.24) is 0 Å². The Labute approximate surface area is 151 Å². The van der Waals surface area contributed by atoms with Crippen molar-refractivity contribution in [3.8, 4) is 5.75 Å². The van der Waals surface area contributed by atoms with Gasteiger partial charge in [-0.3, -0.25) is 10.1 Å². The average molecular weight is 349 g/mol. The van der Waals surface area contributed by atoms with Crippen LogP contribution in [0, 0.1) is 0 Å². The van der Waals surface area contributed by atoms with E-state index in [0.717, 1.165) is 18.4 Å². The largest absolute Gasteiger partial charge is 0.444 e. The molecule has 0 saturated heterocycles. The molecule has 0 fully saturated rings. The molecule has 0 heterocycles. The fraction of sp³-hybridized carbons (Fsp3) is 0.600. The van der Waals surface area contributed by atoms with Crippen molar-refractivity contribution >= 4 is 17.7 Å². The van der Waals surface area contributed by atoms with Crippen LogP contribution in [0.4, 0.5) is 10.5 Å². The normalized spacial score (nSPS) is 11.8. The summed E-state index contributed by atoms with van der Waals surface area (Å²) in [7, 11) is 0. The van der Waals surface area contributed by atoms with Crippen LogP contribution in [0.5, 0.6) is 5.75 Å². The van der Waals surface area contributed by atoms with E-state index in [-0.39, 0.29) is 11.4 Å². The van der Waals surface area contributed by atoms with Crippen molar-refractivity contribution in [1.29, 1.82) is 0 Å². The molecule has 5 heteroatoms. The Morgan fingerprint density at radius 3 is 2.24 bits per heavy atom. The second kappa shape index (κ2) is 8.37. The lowest BCUT2D eigenvalue weighted by atomic mass is 9.86. The molecular weight excluding hydrogens is 318 g/mol. The topological polar surface area (TPSA) is 64.6 Å². The van der Waals surface area contributed by atoms with E-state index < -0.39 is 11.7 Å². The van der Waals surface area contributed by atoms with Crippen LogP contribution in [-0.4, -0.2) is 17.7 Å². The number of amides is 1. The lowest BCUT2D eigenvalue weighted by molar-refractivity contribution is -0.134. The van der Waals surface area contributed by atoms with Gasteiger partial charge in [0.05, 0.1) is 5.69 Å². The van der Waals surface area contributed by atoms with Gasteiger partial charge in [-0.1, -0.05) is 46.2 Å². The summed E-state index contributed by atoms with van der Waals surface area (Å²) in [5.74, 6) is 0.0905. The Morgan fingerprint density at radius 1 is 1.08 bits per heavy atom. The predicted octanol–water partition coefficient (Wildman–Crippen LogP) is 5.43. The van der Waals surface area contributed by atoms with Crippen LogP contribution in [0.1, 0.15) is 73.3 Å². The molecule has 0 atom stereocenters. The third-order valence-corrected chi connectivity index (χ3v) is 3.41. The first kappa shape index (κ1) is 21.0. The quantitative estimate of drug-likeness (QED) is 0.569. The summed E-state index contributed by atoms with van der Waals surface area (Å²) >= 11 is 0. The molecular formula is C20H31NO4. The highest BCUT2D eigenvalue weighted by Crippen LogP contribution is 2.37. The van der Waals surface area contributed by atoms with E-state index in [4.69, 9.17) is 9.47 Å². The highest BCUT2D eigenvalue weighted by atomic mass is 16.6. The lowest BCUT2D eigenvalue weighted by Crippen LogP contribution is -2.28. The van der Waals surface area contributed by atoms with Crippen LogP contribution in [0.3, 0.4) is 0 Å². The fourth-order valence-electron chi connectivity index (χ4n) is 2.24. The molecule has 140 valence electrons. The number of esters is 1. The van der Waals surface area contributed by atoms with Gasteiger partial charge in [-0.2, -0.15) is 0 Å². The third-order valence-electron chi connectivity index (χ3n) is 3.41. The van der Waals surface area contributed by atoms with E-state index in [1.165, 1.54) is 0 Å². The number of anilines is 1. The molecule has 0 aromatic heterocycles. The molecule has 0 saturated carbocycles. The van der Waals surface area contributed by atoms with Gasteiger partial charge >= 0.3 is 12.1 Å². The van der Waals surface area contributed by atoms with E-state index in [2.05, 4.69) is 5.32 Å². The van der Waals surface area contributed by atoms with Gasteiger partial charge < -0.3 is 9.47 Å². The summed E-state index contributed by atoms with van der Waals surface area (Å²) in [6.45, 7) is 13.5. The fourth-order valence-corrected chi connectivity index (χ4v) is 2.24. The highest BCUT2D eigenvalue weighted by molar-refractivity contribution is 5.88. The molecule has 1 aromatic carbocycles. The number of hydrogen-bond acceptors (Lipinski definition) is 4. The van der Waals surface area contributed by atoms with Crippen molar-refractivity contribution in [3.05, 3.63) is 23.8 Å². The number of benzene rings is 1. The summed E-state index contributed by atoms with van der Waals surface area (Å²) in [6.07, 6.45) is 1.45. The highest BCUT2D eigenvalue weighted by Gasteiger charge is 2.25. The van der Waals surface area contributed by atoms with Crippen molar-refractivity contribution in [3.63, 3.8) is 0 Å². The number of unbranched alkanes of at least 4 members (excludes halogenated alkanes) is 1. The molecule has 0 aliphatic rings. The van der Waals surface area contributed by atoms with Gasteiger partial charge in [-0.25, -0.2) is 4.79 Å². The molecule has 0 unspecified atom stereocenters. The zero-order valence-corrected chi connectivity index (χ0v) is 16.5. The van der Waals surface area contributed by atoms with Crippen LogP contribution in [0.2, 0.25) is 0 Å². The lowest BCUT2D eigenvalue weighted by Gasteiger charge is -2.25. The maximum Gasteiger partial charge on any atom is 0.412 e. The molecule has 1 N–H and O–H groups in total. The van der Waals surface area contributed by atoms with E-state index in [1.54, 1.807) is 26.8 Å². The SMILES string of the molecule is CCCCC(=O)Oc1c(NC(=O)OC(C)(C)C)cccc1C(C)(C)C. The van der Waals surface area contributed by atoms with Crippen LogP contribution in [0.15, 0.2) is 18.2 Å². The van der Waals surface area contributed by atoms with Crippen LogP contribution >= 0.6 is 0 Å². The summed E-state index contributed by atoms with van der Waals surface area (Å²) in [5, 5.41) is 2.70. The van der Waals surface area contributed by atoms with Crippen molar-refractivity contribution < 1.29 is 19.1 Å². The van der Waals surface area contributed by atoms with Gasteiger partial charge in [0.1, 0.15) is 5.60 Å². The van der Waals surface area contributed by atoms with E-state index >= 15 is 0 Å². The zero-order chi connectivity index (χ0) is 19.3. The molecule has 1 amide bonds. The van der Waals surface area contributed by atoms with Crippen LogP contribution in [-0.2, 0) is 14.9 Å². The second-order valence-corrected chi connectivity index (χ2v) is 8.14. The van der Waals surface area contributed by atoms with E-state index in [9.17, 15) is 9.59 Å². The zero-order valence-electron chi connectivity index (χ0n) is 16.5. The molecule has 25 heavy (non-hydrogen) atoms. The minimum absolute atomic E-state index is 0.244.